The molecule has 0 fully saturated rings. The van der Waals surface area contributed by atoms with E-state index in [0.717, 1.165) is 10.4 Å². The van der Waals surface area contributed by atoms with Crippen molar-refractivity contribution < 1.29 is 22.3 Å². The first-order chi connectivity index (χ1) is 14.1. The van der Waals surface area contributed by atoms with Gasteiger partial charge in [-0.2, -0.15) is 13.2 Å². The van der Waals surface area contributed by atoms with E-state index in [1.807, 2.05) is 36.4 Å². The smallest absolute Gasteiger partial charge is 0.442 e. The second kappa shape index (κ2) is 9.20. The van der Waals surface area contributed by atoms with Gasteiger partial charge in [0.15, 0.2) is 0 Å². The summed E-state index contributed by atoms with van der Waals surface area (Å²) in [6, 6.07) is 20.5. The molecule has 0 spiro atoms. The molecular formula is C23H27F3O2SSi. The van der Waals surface area contributed by atoms with Gasteiger partial charge in [0, 0.05) is 0 Å². The molecule has 7 heteroatoms. The minimum atomic E-state index is -4.25. The molecule has 2 aromatic carbocycles. The molecule has 1 aliphatic heterocycles. The van der Waals surface area contributed by atoms with E-state index < -0.39 is 19.1 Å². The predicted octanol–water partition coefficient (Wildman–Crippen LogP) is 5.49. The maximum absolute atomic E-state index is 12.6. The van der Waals surface area contributed by atoms with Gasteiger partial charge in [-0.15, -0.1) is 0 Å². The van der Waals surface area contributed by atoms with Gasteiger partial charge in [-0.05, 0) is 39.7 Å². The zero-order valence-electron chi connectivity index (χ0n) is 17.4. The van der Waals surface area contributed by atoms with E-state index in [4.69, 9.17) is 9.16 Å². The van der Waals surface area contributed by atoms with Crippen molar-refractivity contribution in [2.24, 2.45) is 0 Å². The zero-order valence-corrected chi connectivity index (χ0v) is 19.2. The standard InChI is InChI=1S/C23H27F3O2SSi/c1-22(2,3)30(20-10-6-4-7-11-20,21-12-8-5-9-13-21)28-16-18-14-15-19(17-27-18)29-23(24,25)26/h4-14,19H,15-17H2,1-3H3. The lowest BCUT2D eigenvalue weighted by Gasteiger charge is -2.43. The van der Waals surface area contributed by atoms with Crippen LogP contribution < -0.4 is 10.4 Å². The summed E-state index contributed by atoms with van der Waals surface area (Å²) in [5, 5.41) is 1.54. The van der Waals surface area contributed by atoms with Gasteiger partial charge in [-0.25, -0.2) is 0 Å². The van der Waals surface area contributed by atoms with Gasteiger partial charge < -0.3 is 9.16 Å². The Balaban J connectivity index is 1.88. The SMILES string of the molecule is CC(C)(C)[Si](OCC1=CCC(SC(F)(F)F)CO1)(c1ccccc1)c1ccccc1. The molecule has 0 N–H and O–H groups in total. The van der Waals surface area contributed by atoms with E-state index >= 15 is 0 Å². The third-order valence-electron chi connectivity index (χ3n) is 5.21. The van der Waals surface area contributed by atoms with Gasteiger partial charge in [0.05, 0.1) is 11.9 Å². The molecule has 0 saturated carbocycles. The third-order valence-corrected chi connectivity index (χ3v) is 11.1. The number of alkyl halides is 3. The number of benzene rings is 2. The number of hydrogen-bond acceptors (Lipinski definition) is 3. The van der Waals surface area contributed by atoms with Crippen LogP contribution in [0.3, 0.4) is 0 Å². The van der Waals surface area contributed by atoms with Crippen LogP contribution in [-0.2, 0) is 9.16 Å². The Morgan fingerprint density at radius 3 is 1.90 bits per heavy atom. The fourth-order valence-electron chi connectivity index (χ4n) is 3.90. The molecule has 2 nitrogen and oxygen atoms in total. The van der Waals surface area contributed by atoms with Crippen molar-refractivity contribution in [3.63, 3.8) is 0 Å². The summed E-state index contributed by atoms with van der Waals surface area (Å²) in [4.78, 5) is 0. The normalized spacial score (nSPS) is 17.9. The van der Waals surface area contributed by atoms with Crippen LogP contribution >= 0.6 is 11.8 Å². The summed E-state index contributed by atoms with van der Waals surface area (Å²) >= 11 is -0.000365. The van der Waals surface area contributed by atoms with Crippen molar-refractivity contribution in [2.75, 3.05) is 13.2 Å². The number of ether oxygens (including phenoxy) is 1. The van der Waals surface area contributed by atoms with Gasteiger partial charge in [0.1, 0.15) is 12.4 Å². The number of thioether (sulfide) groups is 1. The lowest BCUT2D eigenvalue weighted by atomic mass is 10.2. The van der Waals surface area contributed by atoms with E-state index in [-0.39, 0.29) is 30.0 Å². The Kier molecular flexibility index (Phi) is 7.04. The van der Waals surface area contributed by atoms with Crippen LogP contribution in [0.15, 0.2) is 72.5 Å². The zero-order chi connectivity index (χ0) is 21.8. The molecule has 0 aromatic heterocycles. The van der Waals surface area contributed by atoms with Crippen LogP contribution in [0.2, 0.25) is 5.04 Å². The Hall–Kier alpha value is -1.70. The topological polar surface area (TPSA) is 18.5 Å². The van der Waals surface area contributed by atoms with Crippen LogP contribution in [0.5, 0.6) is 0 Å². The van der Waals surface area contributed by atoms with E-state index in [1.54, 1.807) is 6.08 Å². The van der Waals surface area contributed by atoms with E-state index in [9.17, 15) is 13.2 Å². The fraction of sp³-hybridized carbons (Fsp3) is 0.391. The summed E-state index contributed by atoms with van der Waals surface area (Å²) in [7, 11) is -2.69. The monoisotopic (exact) mass is 452 g/mol. The van der Waals surface area contributed by atoms with Crippen molar-refractivity contribution in [1.82, 2.24) is 0 Å². The van der Waals surface area contributed by atoms with Gasteiger partial charge >= 0.3 is 5.51 Å². The molecule has 1 atom stereocenters. The summed E-state index contributed by atoms with van der Waals surface area (Å²) in [6.45, 7) is 6.85. The van der Waals surface area contributed by atoms with Gasteiger partial charge in [0.2, 0.25) is 0 Å². The Morgan fingerprint density at radius 1 is 0.967 bits per heavy atom. The molecule has 1 heterocycles. The highest BCUT2D eigenvalue weighted by Crippen LogP contribution is 2.39. The molecule has 0 aliphatic carbocycles. The highest BCUT2D eigenvalue weighted by atomic mass is 32.2. The maximum atomic E-state index is 12.6. The summed E-state index contributed by atoms with van der Waals surface area (Å²) in [6.07, 6.45) is 2.06. The number of allylic oxidation sites excluding steroid dienone is 1. The van der Waals surface area contributed by atoms with Gasteiger partial charge in [0.25, 0.3) is 8.32 Å². The van der Waals surface area contributed by atoms with Gasteiger partial charge in [-0.3, -0.25) is 0 Å². The molecule has 0 saturated heterocycles. The maximum Gasteiger partial charge on any atom is 0.442 e. The largest absolute Gasteiger partial charge is 0.495 e. The third kappa shape index (κ3) is 5.31. The minimum Gasteiger partial charge on any atom is -0.495 e. The van der Waals surface area contributed by atoms with Crippen LogP contribution in [0.1, 0.15) is 27.2 Å². The lowest BCUT2D eigenvalue weighted by Crippen LogP contribution is -2.66. The van der Waals surface area contributed by atoms with Crippen LogP contribution in [-0.4, -0.2) is 32.3 Å². The molecule has 30 heavy (non-hydrogen) atoms. The van der Waals surface area contributed by atoms with Crippen molar-refractivity contribution in [1.29, 1.82) is 0 Å². The van der Waals surface area contributed by atoms with Crippen molar-refractivity contribution in [2.45, 2.75) is 43.0 Å². The van der Waals surface area contributed by atoms with Crippen LogP contribution in [0.4, 0.5) is 13.2 Å². The molecule has 0 radical (unpaired) electrons. The molecule has 2 aromatic rings. The quantitative estimate of drug-likeness (QED) is 0.540. The van der Waals surface area contributed by atoms with Crippen molar-refractivity contribution in [3.8, 4) is 0 Å². The second-order valence-corrected chi connectivity index (χ2v) is 14.0. The molecular weight excluding hydrogens is 425 g/mol. The molecule has 1 aliphatic rings. The van der Waals surface area contributed by atoms with Crippen molar-refractivity contribution >= 4 is 30.5 Å². The first kappa shape index (κ1) is 23.0. The summed E-state index contributed by atoms with van der Waals surface area (Å²) in [5.74, 6) is 0.613. The molecule has 3 rings (SSSR count). The Labute approximate surface area is 181 Å². The van der Waals surface area contributed by atoms with E-state index in [1.165, 1.54) is 0 Å². The predicted molar refractivity (Wildman–Crippen MR) is 120 cm³/mol. The molecule has 0 amide bonds. The molecule has 0 bridgehead atoms. The summed E-state index contributed by atoms with van der Waals surface area (Å²) < 4.78 is 50.3. The number of halogens is 3. The second-order valence-electron chi connectivity index (χ2n) is 8.35. The first-order valence-electron chi connectivity index (χ1n) is 9.93. The fourth-order valence-corrected chi connectivity index (χ4v) is 9.12. The van der Waals surface area contributed by atoms with E-state index in [0.29, 0.717) is 12.2 Å². The van der Waals surface area contributed by atoms with Crippen molar-refractivity contribution in [3.05, 3.63) is 72.5 Å². The molecule has 1 unspecified atom stereocenters. The van der Waals surface area contributed by atoms with Gasteiger partial charge in [-0.1, -0.05) is 81.4 Å². The van der Waals surface area contributed by atoms with Crippen LogP contribution in [0.25, 0.3) is 0 Å². The highest BCUT2D eigenvalue weighted by Gasteiger charge is 2.50. The lowest BCUT2D eigenvalue weighted by molar-refractivity contribution is -0.0339. The van der Waals surface area contributed by atoms with E-state index in [2.05, 4.69) is 45.0 Å². The number of rotatable bonds is 6. The Morgan fingerprint density at radius 2 is 1.50 bits per heavy atom. The minimum absolute atomic E-state index is 0.000365. The molecule has 162 valence electrons. The average molecular weight is 453 g/mol. The van der Waals surface area contributed by atoms with Crippen LogP contribution in [0, 0.1) is 0 Å². The number of hydrogen-bond donors (Lipinski definition) is 0. The first-order valence-corrected chi connectivity index (χ1v) is 12.7. The average Bonchev–Trinajstić information content (AvgIpc) is 2.69. The Bertz CT molecular complexity index is 809. The highest BCUT2D eigenvalue weighted by molar-refractivity contribution is 8.00. The summed E-state index contributed by atoms with van der Waals surface area (Å²) in [5.41, 5.74) is -4.25.